The summed E-state index contributed by atoms with van der Waals surface area (Å²) in [4.78, 5) is 4.23. The molecule has 102 valence electrons. The third-order valence-corrected chi connectivity index (χ3v) is 3.29. The van der Waals surface area contributed by atoms with Crippen molar-refractivity contribution in [1.82, 2.24) is 20.1 Å². The minimum Gasteiger partial charge on any atom is -0.481 e. The Labute approximate surface area is 117 Å². The third kappa shape index (κ3) is 2.57. The van der Waals surface area contributed by atoms with Gasteiger partial charge in [0.1, 0.15) is 0 Å². The zero-order valence-electron chi connectivity index (χ0n) is 11.2. The SMILES string of the molecule is CCn1ncc(Cl)c1C(NC)c1cccnc1OC. The first-order valence-electron chi connectivity index (χ1n) is 6.10. The minimum atomic E-state index is -0.112. The number of nitrogens with zero attached hydrogens (tertiary/aromatic N) is 3. The van der Waals surface area contributed by atoms with Crippen molar-refractivity contribution in [2.24, 2.45) is 0 Å². The van der Waals surface area contributed by atoms with Crippen LogP contribution < -0.4 is 10.1 Å². The number of halogens is 1. The molecule has 6 heteroatoms. The van der Waals surface area contributed by atoms with Gasteiger partial charge in [-0.3, -0.25) is 4.68 Å². The molecule has 0 radical (unpaired) electrons. The molecule has 0 fully saturated rings. The summed E-state index contributed by atoms with van der Waals surface area (Å²) in [5.74, 6) is 0.585. The Bertz CT molecular complexity index is 555. The van der Waals surface area contributed by atoms with Crippen LogP contribution in [0.4, 0.5) is 0 Å². The molecular weight excluding hydrogens is 264 g/mol. The van der Waals surface area contributed by atoms with Crippen LogP contribution in [0.1, 0.15) is 24.2 Å². The van der Waals surface area contributed by atoms with Gasteiger partial charge in [-0.25, -0.2) is 4.98 Å². The normalized spacial score (nSPS) is 12.4. The molecule has 0 aliphatic heterocycles. The fraction of sp³-hybridized carbons (Fsp3) is 0.385. The smallest absolute Gasteiger partial charge is 0.218 e. The van der Waals surface area contributed by atoms with Gasteiger partial charge in [0.15, 0.2) is 0 Å². The number of aromatic nitrogens is 3. The molecule has 0 saturated heterocycles. The molecule has 0 bridgehead atoms. The lowest BCUT2D eigenvalue weighted by Gasteiger charge is -2.20. The van der Waals surface area contributed by atoms with Crippen LogP contribution in [0.2, 0.25) is 5.02 Å². The fourth-order valence-corrected chi connectivity index (χ4v) is 2.39. The zero-order valence-corrected chi connectivity index (χ0v) is 12.0. The summed E-state index contributed by atoms with van der Waals surface area (Å²) in [5, 5.41) is 8.14. The maximum absolute atomic E-state index is 6.26. The lowest BCUT2D eigenvalue weighted by Crippen LogP contribution is -2.22. The van der Waals surface area contributed by atoms with Gasteiger partial charge in [0.25, 0.3) is 0 Å². The monoisotopic (exact) mass is 280 g/mol. The molecule has 0 aromatic carbocycles. The van der Waals surface area contributed by atoms with Crippen molar-refractivity contribution >= 4 is 11.6 Å². The summed E-state index contributed by atoms with van der Waals surface area (Å²) in [6, 6.07) is 3.73. The lowest BCUT2D eigenvalue weighted by molar-refractivity contribution is 0.386. The Balaban J connectivity index is 2.53. The van der Waals surface area contributed by atoms with E-state index in [2.05, 4.69) is 15.4 Å². The van der Waals surface area contributed by atoms with E-state index in [0.717, 1.165) is 17.8 Å². The molecular formula is C13H17ClN4O. The molecule has 1 N–H and O–H groups in total. The van der Waals surface area contributed by atoms with Gasteiger partial charge in [0, 0.05) is 18.3 Å². The second kappa shape index (κ2) is 6.04. The molecule has 0 spiro atoms. The number of hydrogen-bond donors (Lipinski definition) is 1. The first kappa shape index (κ1) is 13.8. The van der Waals surface area contributed by atoms with E-state index in [-0.39, 0.29) is 6.04 Å². The van der Waals surface area contributed by atoms with Crippen LogP contribution in [-0.2, 0) is 6.54 Å². The summed E-state index contributed by atoms with van der Waals surface area (Å²) in [5.41, 5.74) is 1.85. The van der Waals surface area contributed by atoms with Crippen LogP contribution in [0.15, 0.2) is 24.5 Å². The van der Waals surface area contributed by atoms with Crippen LogP contribution in [-0.4, -0.2) is 28.9 Å². The predicted octanol–water partition coefficient (Wildman–Crippen LogP) is 2.27. The molecule has 19 heavy (non-hydrogen) atoms. The van der Waals surface area contributed by atoms with Crippen molar-refractivity contribution < 1.29 is 4.74 Å². The minimum absolute atomic E-state index is 0.112. The highest BCUT2D eigenvalue weighted by atomic mass is 35.5. The molecule has 1 atom stereocenters. The van der Waals surface area contributed by atoms with Crippen molar-refractivity contribution in [2.45, 2.75) is 19.5 Å². The van der Waals surface area contributed by atoms with E-state index in [1.54, 1.807) is 19.5 Å². The van der Waals surface area contributed by atoms with Crippen LogP contribution in [0.5, 0.6) is 5.88 Å². The quantitative estimate of drug-likeness (QED) is 0.913. The Morgan fingerprint density at radius 1 is 1.53 bits per heavy atom. The maximum Gasteiger partial charge on any atom is 0.218 e. The lowest BCUT2D eigenvalue weighted by atomic mass is 10.1. The van der Waals surface area contributed by atoms with Gasteiger partial charge in [-0.05, 0) is 20.0 Å². The third-order valence-electron chi connectivity index (χ3n) is 3.00. The van der Waals surface area contributed by atoms with Gasteiger partial charge in [0.05, 0.1) is 30.1 Å². The van der Waals surface area contributed by atoms with Crippen molar-refractivity contribution in [3.05, 3.63) is 40.8 Å². The van der Waals surface area contributed by atoms with E-state index < -0.39 is 0 Å². The summed E-state index contributed by atoms with van der Waals surface area (Å²) in [6.45, 7) is 2.78. The molecule has 0 saturated carbocycles. The Hall–Kier alpha value is -1.59. The standard InChI is InChI=1S/C13H17ClN4O/c1-4-18-12(10(14)8-17-18)11(15-2)9-6-5-7-16-13(9)19-3/h5-8,11,15H,4H2,1-3H3. The van der Waals surface area contributed by atoms with Crippen molar-refractivity contribution in [2.75, 3.05) is 14.2 Å². The Morgan fingerprint density at radius 2 is 2.32 bits per heavy atom. The molecule has 2 heterocycles. The molecule has 0 aliphatic carbocycles. The van der Waals surface area contributed by atoms with Crippen molar-refractivity contribution in [3.63, 3.8) is 0 Å². The van der Waals surface area contributed by atoms with E-state index in [9.17, 15) is 0 Å². The van der Waals surface area contributed by atoms with Crippen molar-refractivity contribution in [3.8, 4) is 5.88 Å². The van der Waals surface area contributed by atoms with Crippen LogP contribution >= 0.6 is 11.6 Å². The van der Waals surface area contributed by atoms with Gasteiger partial charge in [-0.2, -0.15) is 5.10 Å². The molecule has 2 rings (SSSR count). The molecule has 0 aliphatic rings. The largest absolute Gasteiger partial charge is 0.481 e. The van der Waals surface area contributed by atoms with E-state index in [4.69, 9.17) is 16.3 Å². The molecule has 1 unspecified atom stereocenters. The topological polar surface area (TPSA) is 52.0 Å². The average molecular weight is 281 g/mol. The number of methoxy groups -OCH3 is 1. The number of hydrogen-bond acceptors (Lipinski definition) is 4. The van der Waals surface area contributed by atoms with Crippen LogP contribution in [0, 0.1) is 0 Å². The second-order valence-electron chi connectivity index (χ2n) is 4.02. The van der Waals surface area contributed by atoms with Gasteiger partial charge < -0.3 is 10.1 Å². The highest BCUT2D eigenvalue weighted by Gasteiger charge is 2.23. The highest BCUT2D eigenvalue weighted by Crippen LogP contribution is 2.31. The zero-order chi connectivity index (χ0) is 13.8. The first-order chi connectivity index (χ1) is 9.22. The van der Waals surface area contributed by atoms with Crippen molar-refractivity contribution in [1.29, 1.82) is 0 Å². The Morgan fingerprint density at radius 3 is 2.95 bits per heavy atom. The number of pyridine rings is 1. The van der Waals surface area contributed by atoms with E-state index in [1.165, 1.54) is 0 Å². The molecule has 2 aromatic heterocycles. The molecule has 2 aromatic rings. The first-order valence-corrected chi connectivity index (χ1v) is 6.48. The van der Waals surface area contributed by atoms with Crippen LogP contribution in [0.3, 0.4) is 0 Å². The second-order valence-corrected chi connectivity index (χ2v) is 4.42. The number of ether oxygens (including phenoxy) is 1. The van der Waals surface area contributed by atoms with Gasteiger partial charge in [-0.15, -0.1) is 0 Å². The predicted molar refractivity (Wildman–Crippen MR) is 74.6 cm³/mol. The number of rotatable bonds is 5. The van der Waals surface area contributed by atoms with Gasteiger partial charge in [0.2, 0.25) is 5.88 Å². The summed E-state index contributed by atoms with van der Waals surface area (Å²) >= 11 is 6.26. The summed E-state index contributed by atoms with van der Waals surface area (Å²) in [7, 11) is 3.48. The summed E-state index contributed by atoms with van der Waals surface area (Å²) in [6.07, 6.45) is 3.36. The highest BCUT2D eigenvalue weighted by molar-refractivity contribution is 6.31. The maximum atomic E-state index is 6.26. The Kier molecular flexibility index (Phi) is 4.39. The fourth-order valence-electron chi connectivity index (χ4n) is 2.14. The number of nitrogens with one attached hydrogen (secondary N) is 1. The number of aryl methyl sites for hydroxylation is 1. The van der Waals surface area contributed by atoms with E-state index in [1.807, 2.05) is 30.8 Å². The van der Waals surface area contributed by atoms with Gasteiger partial charge >= 0.3 is 0 Å². The molecule has 0 amide bonds. The molecule has 5 nitrogen and oxygen atoms in total. The van der Waals surface area contributed by atoms with Crippen LogP contribution in [0.25, 0.3) is 0 Å². The summed E-state index contributed by atoms with van der Waals surface area (Å²) < 4.78 is 7.19. The van der Waals surface area contributed by atoms with E-state index >= 15 is 0 Å². The average Bonchev–Trinajstić information content (AvgIpc) is 2.82. The van der Waals surface area contributed by atoms with E-state index in [0.29, 0.717) is 10.9 Å². The van der Waals surface area contributed by atoms with Gasteiger partial charge in [-0.1, -0.05) is 17.7 Å².